The molecule has 24 heavy (non-hydrogen) atoms. The molecule has 0 aliphatic heterocycles. The van der Waals surface area contributed by atoms with Crippen molar-refractivity contribution >= 4 is 56.6 Å². The summed E-state index contributed by atoms with van der Waals surface area (Å²) in [4.78, 5) is 18.4. The lowest BCUT2D eigenvalue weighted by molar-refractivity contribution is -0.136. The van der Waals surface area contributed by atoms with Gasteiger partial charge in [-0.05, 0) is 47.9 Å². The van der Waals surface area contributed by atoms with Gasteiger partial charge < -0.3 is 5.11 Å². The molecule has 8 heteroatoms. The second-order valence-corrected chi connectivity index (χ2v) is 8.20. The number of carboxylic acids is 1. The molecule has 0 atom stereocenters. The molecule has 2 aromatic rings. The normalized spacial score (nSPS) is 9.71. The summed E-state index contributed by atoms with van der Waals surface area (Å²) in [5.74, 6) is -0.148. The van der Waals surface area contributed by atoms with Gasteiger partial charge in [-0.25, -0.2) is 4.98 Å². The van der Waals surface area contributed by atoms with Crippen LogP contribution in [0.1, 0.15) is 18.5 Å². The number of thiol groups is 1. The van der Waals surface area contributed by atoms with E-state index in [9.17, 15) is 4.79 Å². The average Bonchev–Trinajstić information content (AvgIpc) is 2.59. The number of aliphatic carboxylic acids is 1. The third kappa shape index (κ3) is 11.4. The maximum atomic E-state index is 10.2. The Morgan fingerprint density at radius 1 is 1.12 bits per heavy atom. The molecule has 0 unspecified atom stereocenters. The number of hydrogen-bond donors (Lipinski definition) is 2. The summed E-state index contributed by atoms with van der Waals surface area (Å²) in [5.41, 5.74) is 1.07. The number of aryl methyl sites for hydroxylation is 1. The fourth-order valence-electron chi connectivity index (χ4n) is 1.41. The predicted octanol–water partition coefficient (Wildman–Crippen LogP) is 4.57. The SMILES string of the molecule is O=C(O)CCSSc1ccccn1.S=C(S)CCc1ccccn1. The molecule has 0 bridgehead atoms. The first-order valence-electron chi connectivity index (χ1n) is 7.12. The first-order valence-corrected chi connectivity index (χ1v) is 10.3. The molecule has 2 heterocycles. The lowest BCUT2D eigenvalue weighted by Gasteiger charge is -1.97. The number of nitrogens with zero attached hydrogens (tertiary/aromatic N) is 2. The highest BCUT2D eigenvalue weighted by atomic mass is 33.1. The van der Waals surface area contributed by atoms with Crippen LogP contribution in [0.4, 0.5) is 0 Å². The topological polar surface area (TPSA) is 63.1 Å². The lowest BCUT2D eigenvalue weighted by atomic mass is 10.2. The van der Waals surface area contributed by atoms with E-state index in [0.29, 0.717) is 5.75 Å². The van der Waals surface area contributed by atoms with E-state index in [1.165, 1.54) is 21.6 Å². The minimum absolute atomic E-state index is 0.199. The van der Waals surface area contributed by atoms with Crippen LogP contribution in [-0.4, -0.2) is 31.0 Å². The minimum Gasteiger partial charge on any atom is -0.481 e. The fraction of sp³-hybridized carbons (Fsp3) is 0.250. The van der Waals surface area contributed by atoms with Gasteiger partial charge in [0, 0.05) is 28.0 Å². The second-order valence-electron chi connectivity index (χ2n) is 4.43. The molecule has 0 aromatic carbocycles. The molecular formula is C16H18N2O2S4. The fourth-order valence-corrected chi connectivity index (χ4v) is 3.48. The van der Waals surface area contributed by atoms with E-state index in [-0.39, 0.29) is 6.42 Å². The van der Waals surface area contributed by atoms with Crippen LogP contribution in [0.2, 0.25) is 0 Å². The molecule has 2 aromatic heterocycles. The molecule has 0 amide bonds. The molecule has 0 aliphatic carbocycles. The largest absolute Gasteiger partial charge is 0.481 e. The van der Waals surface area contributed by atoms with Crippen LogP contribution in [-0.2, 0) is 11.2 Å². The van der Waals surface area contributed by atoms with E-state index < -0.39 is 5.97 Å². The van der Waals surface area contributed by atoms with Gasteiger partial charge in [-0.1, -0.05) is 35.1 Å². The van der Waals surface area contributed by atoms with Crippen molar-refractivity contribution in [2.24, 2.45) is 0 Å². The van der Waals surface area contributed by atoms with Gasteiger partial charge in [0.05, 0.1) is 6.42 Å². The molecule has 128 valence electrons. The van der Waals surface area contributed by atoms with Crippen LogP contribution in [0.5, 0.6) is 0 Å². The Kier molecular flexibility index (Phi) is 11.5. The third-order valence-corrected chi connectivity index (χ3v) is 5.20. The van der Waals surface area contributed by atoms with E-state index >= 15 is 0 Å². The number of thiocarbonyl (C=S) groups is 1. The van der Waals surface area contributed by atoms with Gasteiger partial charge in [-0.2, -0.15) is 0 Å². The Balaban J connectivity index is 0.000000243. The summed E-state index contributed by atoms with van der Waals surface area (Å²) < 4.78 is 0.746. The lowest BCUT2D eigenvalue weighted by Crippen LogP contribution is -1.94. The van der Waals surface area contributed by atoms with Gasteiger partial charge in [0.2, 0.25) is 0 Å². The zero-order valence-electron chi connectivity index (χ0n) is 12.9. The maximum absolute atomic E-state index is 10.2. The van der Waals surface area contributed by atoms with Crippen LogP contribution < -0.4 is 0 Å². The monoisotopic (exact) mass is 398 g/mol. The van der Waals surface area contributed by atoms with Crippen LogP contribution in [0.15, 0.2) is 53.8 Å². The quantitative estimate of drug-likeness (QED) is 0.292. The van der Waals surface area contributed by atoms with Crippen molar-refractivity contribution in [1.29, 1.82) is 0 Å². The van der Waals surface area contributed by atoms with Gasteiger partial charge in [0.1, 0.15) is 5.03 Å². The summed E-state index contributed by atoms with van der Waals surface area (Å²) in [6.45, 7) is 0. The van der Waals surface area contributed by atoms with E-state index in [0.717, 1.165) is 27.8 Å². The molecule has 0 saturated carbocycles. The van der Waals surface area contributed by atoms with E-state index in [4.69, 9.17) is 17.3 Å². The highest BCUT2D eigenvalue weighted by molar-refractivity contribution is 8.76. The van der Waals surface area contributed by atoms with Crippen molar-refractivity contribution in [3.63, 3.8) is 0 Å². The minimum atomic E-state index is -0.755. The van der Waals surface area contributed by atoms with Crippen molar-refractivity contribution < 1.29 is 9.90 Å². The number of hydrogen-bond acceptors (Lipinski definition) is 6. The smallest absolute Gasteiger partial charge is 0.304 e. The first-order chi connectivity index (χ1) is 11.6. The standard InChI is InChI=1S/C8H9NO2S2.C8H9NS2/c10-8(11)4-6-12-13-7-3-1-2-5-9-7;10-8(11)5-4-7-3-1-2-6-9-7/h1-3,5H,4,6H2,(H,10,11);1-3,6H,4-5H2,(H,10,11). The molecular weight excluding hydrogens is 380 g/mol. The van der Waals surface area contributed by atoms with Crippen LogP contribution >= 0.6 is 46.4 Å². The Morgan fingerprint density at radius 2 is 1.83 bits per heavy atom. The summed E-state index contributed by atoms with van der Waals surface area (Å²) >= 11 is 8.86. The van der Waals surface area contributed by atoms with E-state index in [2.05, 4.69) is 22.6 Å². The first kappa shape index (κ1) is 21.0. The summed E-state index contributed by atoms with van der Waals surface area (Å²) in [6, 6.07) is 11.5. The molecule has 0 fully saturated rings. The van der Waals surface area contributed by atoms with Gasteiger partial charge in [0.15, 0.2) is 0 Å². The Morgan fingerprint density at radius 3 is 2.38 bits per heavy atom. The van der Waals surface area contributed by atoms with Gasteiger partial charge >= 0.3 is 5.97 Å². The molecule has 0 radical (unpaired) electrons. The zero-order chi connectivity index (χ0) is 17.6. The highest BCUT2D eigenvalue weighted by Gasteiger charge is 1.98. The number of rotatable bonds is 8. The van der Waals surface area contributed by atoms with E-state index in [1.54, 1.807) is 12.4 Å². The Bertz CT molecular complexity index is 612. The Hall–Kier alpha value is -1.09. The van der Waals surface area contributed by atoms with Crippen molar-refractivity contribution in [2.45, 2.75) is 24.3 Å². The predicted molar refractivity (Wildman–Crippen MR) is 109 cm³/mol. The molecule has 1 N–H and O–H groups in total. The van der Waals surface area contributed by atoms with Crippen LogP contribution in [0.25, 0.3) is 0 Å². The highest BCUT2D eigenvalue weighted by Crippen LogP contribution is 2.29. The summed E-state index contributed by atoms with van der Waals surface area (Å²) in [5, 5.41) is 9.29. The Labute approximate surface area is 160 Å². The van der Waals surface area contributed by atoms with Crippen molar-refractivity contribution in [3.8, 4) is 0 Å². The summed E-state index contributed by atoms with van der Waals surface area (Å²) in [6.07, 6.45) is 5.43. The van der Waals surface area contributed by atoms with Crippen LogP contribution in [0, 0.1) is 0 Å². The molecule has 0 spiro atoms. The average molecular weight is 399 g/mol. The van der Waals surface area contributed by atoms with Gasteiger partial charge in [-0.15, -0.1) is 12.6 Å². The van der Waals surface area contributed by atoms with Crippen LogP contribution in [0.3, 0.4) is 0 Å². The molecule has 4 nitrogen and oxygen atoms in total. The van der Waals surface area contributed by atoms with Crippen molar-refractivity contribution in [1.82, 2.24) is 9.97 Å². The number of pyridine rings is 2. The molecule has 0 aliphatic rings. The second kappa shape index (κ2) is 13.2. The van der Waals surface area contributed by atoms with E-state index in [1.807, 2.05) is 36.4 Å². The van der Waals surface area contributed by atoms with Crippen molar-refractivity contribution in [2.75, 3.05) is 5.75 Å². The maximum Gasteiger partial charge on any atom is 0.304 e. The number of carbonyl (C=O) groups is 1. The van der Waals surface area contributed by atoms with Gasteiger partial charge in [0.25, 0.3) is 0 Å². The number of carboxylic acid groups (broad SMARTS) is 1. The van der Waals surface area contributed by atoms with Crippen molar-refractivity contribution in [3.05, 3.63) is 54.5 Å². The summed E-state index contributed by atoms with van der Waals surface area (Å²) in [7, 11) is 3.01. The third-order valence-electron chi connectivity index (χ3n) is 2.50. The van der Waals surface area contributed by atoms with Gasteiger partial charge in [-0.3, -0.25) is 9.78 Å². The number of aromatic nitrogens is 2. The molecule has 2 rings (SSSR count). The molecule has 0 saturated heterocycles. The zero-order valence-corrected chi connectivity index (χ0v) is 16.2.